The summed E-state index contributed by atoms with van der Waals surface area (Å²) in [5.41, 5.74) is 0. The van der Waals surface area contributed by atoms with Crippen molar-refractivity contribution in [2.75, 3.05) is 26.7 Å². The Hall–Kier alpha value is -0.0800. The number of piperidine rings is 1. The summed E-state index contributed by atoms with van der Waals surface area (Å²) in [6.45, 7) is 8.21. The van der Waals surface area contributed by atoms with Gasteiger partial charge in [-0.15, -0.1) is 0 Å². The summed E-state index contributed by atoms with van der Waals surface area (Å²) in [4.78, 5) is 2.42. The van der Waals surface area contributed by atoms with Crippen LogP contribution in [0, 0.1) is 5.92 Å². The van der Waals surface area contributed by atoms with Gasteiger partial charge < -0.3 is 10.2 Å². The minimum absolute atomic E-state index is 0.643. The first kappa shape index (κ1) is 10.0. The largest absolute Gasteiger partial charge is 0.314 e. The summed E-state index contributed by atoms with van der Waals surface area (Å²) < 4.78 is 0. The van der Waals surface area contributed by atoms with Gasteiger partial charge in [0, 0.05) is 6.04 Å². The maximum Gasteiger partial charge on any atom is 0.00104 e. The molecule has 0 spiro atoms. The van der Waals surface area contributed by atoms with Crippen molar-refractivity contribution >= 4 is 0 Å². The fraction of sp³-hybridized carbons (Fsp3) is 1.00. The Labute approximate surface area is 76.3 Å². The van der Waals surface area contributed by atoms with Gasteiger partial charge in [0.15, 0.2) is 0 Å². The number of nitrogens with zero attached hydrogens (tertiary/aromatic N) is 1. The highest BCUT2D eigenvalue weighted by molar-refractivity contribution is 4.72. The molecule has 1 heterocycles. The van der Waals surface area contributed by atoms with Crippen molar-refractivity contribution < 1.29 is 0 Å². The summed E-state index contributed by atoms with van der Waals surface area (Å²) in [7, 11) is 2.21. The molecule has 2 heteroatoms. The molecule has 2 nitrogen and oxygen atoms in total. The Morgan fingerprint density at radius 3 is 2.42 bits per heavy atom. The first-order valence-corrected chi connectivity index (χ1v) is 5.10. The van der Waals surface area contributed by atoms with E-state index in [1.54, 1.807) is 0 Å². The predicted octanol–water partition coefficient (Wildman–Crippen LogP) is 1.33. The molecule has 0 bridgehead atoms. The van der Waals surface area contributed by atoms with E-state index >= 15 is 0 Å². The van der Waals surface area contributed by atoms with Crippen LogP contribution in [0.1, 0.15) is 26.7 Å². The zero-order valence-electron chi connectivity index (χ0n) is 8.64. The van der Waals surface area contributed by atoms with Gasteiger partial charge in [-0.05, 0) is 45.4 Å². The monoisotopic (exact) mass is 170 g/mol. The van der Waals surface area contributed by atoms with E-state index in [-0.39, 0.29) is 0 Å². The van der Waals surface area contributed by atoms with E-state index in [2.05, 4.69) is 31.1 Å². The van der Waals surface area contributed by atoms with Gasteiger partial charge in [-0.25, -0.2) is 0 Å². The molecule has 0 unspecified atom stereocenters. The fourth-order valence-electron chi connectivity index (χ4n) is 1.67. The molecule has 1 rings (SSSR count). The van der Waals surface area contributed by atoms with Crippen molar-refractivity contribution in [1.29, 1.82) is 0 Å². The summed E-state index contributed by atoms with van der Waals surface area (Å²) in [5.74, 6) is 0.920. The van der Waals surface area contributed by atoms with Crippen LogP contribution in [-0.2, 0) is 0 Å². The van der Waals surface area contributed by atoms with E-state index in [0.29, 0.717) is 6.04 Å². The molecule has 1 N–H and O–H groups in total. The molecule has 0 amide bonds. The molecule has 1 fully saturated rings. The molecule has 72 valence electrons. The molecular weight excluding hydrogens is 148 g/mol. The van der Waals surface area contributed by atoms with Gasteiger partial charge in [-0.2, -0.15) is 0 Å². The van der Waals surface area contributed by atoms with Crippen LogP contribution in [0.4, 0.5) is 0 Å². The van der Waals surface area contributed by atoms with E-state index in [0.717, 1.165) is 5.92 Å². The van der Waals surface area contributed by atoms with Crippen LogP contribution < -0.4 is 5.32 Å². The SMILES string of the molecule is CC(C)NCC1CCN(C)CC1. The average molecular weight is 170 g/mol. The highest BCUT2D eigenvalue weighted by Crippen LogP contribution is 2.14. The van der Waals surface area contributed by atoms with Crippen molar-refractivity contribution in [3.63, 3.8) is 0 Å². The van der Waals surface area contributed by atoms with Gasteiger partial charge in [-0.3, -0.25) is 0 Å². The number of likely N-dealkylation sites (tertiary alicyclic amines) is 1. The highest BCUT2D eigenvalue weighted by atomic mass is 15.1. The molecule has 0 atom stereocenters. The molecule has 0 aromatic carbocycles. The minimum Gasteiger partial charge on any atom is -0.314 e. The molecule has 0 saturated carbocycles. The van der Waals surface area contributed by atoms with Gasteiger partial charge in [0.05, 0.1) is 0 Å². The molecular formula is C10H22N2. The molecule has 1 aliphatic rings. The minimum atomic E-state index is 0.643. The maximum absolute atomic E-state index is 3.51. The maximum atomic E-state index is 3.51. The van der Waals surface area contributed by atoms with Crippen molar-refractivity contribution in [2.45, 2.75) is 32.7 Å². The summed E-state index contributed by atoms with van der Waals surface area (Å²) >= 11 is 0. The standard InChI is InChI=1S/C10H22N2/c1-9(2)11-8-10-4-6-12(3)7-5-10/h9-11H,4-8H2,1-3H3. The Morgan fingerprint density at radius 2 is 1.92 bits per heavy atom. The Kier molecular flexibility index (Phi) is 4.02. The van der Waals surface area contributed by atoms with E-state index in [9.17, 15) is 0 Å². The van der Waals surface area contributed by atoms with E-state index in [1.807, 2.05) is 0 Å². The van der Waals surface area contributed by atoms with Gasteiger partial charge in [-0.1, -0.05) is 13.8 Å². The normalized spacial score (nSPS) is 22.0. The second-order valence-corrected chi connectivity index (χ2v) is 4.31. The van der Waals surface area contributed by atoms with Gasteiger partial charge >= 0.3 is 0 Å². The molecule has 0 aliphatic carbocycles. The van der Waals surface area contributed by atoms with Crippen LogP contribution in [0.2, 0.25) is 0 Å². The van der Waals surface area contributed by atoms with Crippen LogP contribution in [-0.4, -0.2) is 37.6 Å². The van der Waals surface area contributed by atoms with Gasteiger partial charge in [0.25, 0.3) is 0 Å². The van der Waals surface area contributed by atoms with E-state index in [1.165, 1.54) is 32.5 Å². The van der Waals surface area contributed by atoms with Crippen molar-refractivity contribution in [2.24, 2.45) is 5.92 Å². The third-order valence-electron chi connectivity index (χ3n) is 2.65. The highest BCUT2D eigenvalue weighted by Gasteiger charge is 2.15. The lowest BCUT2D eigenvalue weighted by atomic mass is 9.97. The van der Waals surface area contributed by atoms with Crippen molar-refractivity contribution in [3.05, 3.63) is 0 Å². The number of hydrogen-bond donors (Lipinski definition) is 1. The fourth-order valence-corrected chi connectivity index (χ4v) is 1.67. The molecule has 0 aromatic rings. The van der Waals surface area contributed by atoms with Crippen LogP contribution in [0.25, 0.3) is 0 Å². The smallest absolute Gasteiger partial charge is 0.00104 e. The first-order chi connectivity index (χ1) is 5.68. The number of hydrogen-bond acceptors (Lipinski definition) is 2. The second-order valence-electron chi connectivity index (χ2n) is 4.31. The van der Waals surface area contributed by atoms with Crippen LogP contribution in [0.15, 0.2) is 0 Å². The third kappa shape index (κ3) is 3.55. The zero-order chi connectivity index (χ0) is 8.97. The summed E-state index contributed by atoms with van der Waals surface area (Å²) in [5, 5.41) is 3.51. The average Bonchev–Trinajstić information content (AvgIpc) is 2.03. The van der Waals surface area contributed by atoms with Gasteiger partial charge in [0.2, 0.25) is 0 Å². The van der Waals surface area contributed by atoms with E-state index < -0.39 is 0 Å². The van der Waals surface area contributed by atoms with Crippen LogP contribution in [0.3, 0.4) is 0 Å². The summed E-state index contributed by atoms with van der Waals surface area (Å²) in [6.07, 6.45) is 2.74. The Balaban J connectivity index is 2.09. The molecule has 0 aromatic heterocycles. The topological polar surface area (TPSA) is 15.3 Å². The Morgan fingerprint density at radius 1 is 1.33 bits per heavy atom. The van der Waals surface area contributed by atoms with Crippen LogP contribution in [0.5, 0.6) is 0 Å². The quantitative estimate of drug-likeness (QED) is 0.687. The summed E-state index contributed by atoms with van der Waals surface area (Å²) in [6, 6.07) is 0.643. The van der Waals surface area contributed by atoms with Gasteiger partial charge in [0.1, 0.15) is 0 Å². The predicted molar refractivity (Wildman–Crippen MR) is 53.4 cm³/mol. The second kappa shape index (κ2) is 4.83. The molecule has 1 saturated heterocycles. The molecule has 12 heavy (non-hydrogen) atoms. The molecule has 0 radical (unpaired) electrons. The van der Waals surface area contributed by atoms with Crippen molar-refractivity contribution in [3.8, 4) is 0 Å². The Bertz CT molecular complexity index is 115. The first-order valence-electron chi connectivity index (χ1n) is 5.10. The van der Waals surface area contributed by atoms with Crippen LogP contribution >= 0.6 is 0 Å². The lowest BCUT2D eigenvalue weighted by Crippen LogP contribution is -2.36. The number of rotatable bonds is 3. The lowest BCUT2D eigenvalue weighted by molar-refractivity contribution is 0.214. The molecule has 1 aliphatic heterocycles. The third-order valence-corrected chi connectivity index (χ3v) is 2.65. The number of nitrogens with one attached hydrogen (secondary N) is 1. The zero-order valence-corrected chi connectivity index (χ0v) is 8.64. The van der Waals surface area contributed by atoms with E-state index in [4.69, 9.17) is 0 Å². The van der Waals surface area contributed by atoms with Crippen molar-refractivity contribution in [1.82, 2.24) is 10.2 Å². The lowest BCUT2D eigenvalue weighted by Gasteiger charge is -2.29.